The Labute approximate surface area is 154 Å². The van der Waals surface area contributed by atoms with Gasteiger partial charge in [0.15, 0.2) is 0 Å². The van der Waals surface area contributed by atoms with Crippen LogP contribution in [0.1, 0.15) is 17.9 Å². The Bertz CT molecular complexity index is 786. The summed E-state index contributed by atoms with van der Waals surface area (Å²) < 4.78 is 19.8. The maximum absolute atomic E-state index is 14.6. The molecule has 2 amide bonds. The van der Waals surface area contributed by atoms with E-state index in [2.05, 4.69) is 5.32 Å². The zero-order valence-corrected chi connectivity index (χ0v) is 14.8. The molecule has 2 saturated heterocycles. The molecule has 1 N–H and O–H groups in total. The maximum Gasteiger partial charge on any atom is 0.414 e. The first kappa shape index (κ1) is 17.2. The number of nitrogens with one attached hydrogen (secondary N) is 1. The summed E-state index contributed by atoms with van der Waals surface area (Å²) in [6, 6.07) is 6.70. The Morgan fingerprint density at radius 3 is 2.88 bits per heavy atom. The minimum atomic E-state index is -0.559. The molecule has 26 heavy (non-hydrogen) atoms. The molecule has 8 heteroatoms. The third kappa shape index (κ3) is 3.12. The van der Waals surface area contributed by atoms with Gasteiger partial charge < -0.3 is 10.1 Å². The van der Waals surface area contributed by atoms with Crippen molar-refractivity contribution in [1.82, 2.24) is 5.32 Å². The number of hydrogen-bond acceptors (Lipinski definition) is 5. The largest absolute Gasteiger partial charge is 0.442 e. The highest BCUT2D eigenvalue weighted by Gasteiger charge is 2.54. The van der Waals surface area contributed by atoms with Crippen LogP contribution in [0.25, 0.3) is 0 Å². The number of amides is 2. The van der Waals surface area contributed by atoms with Gasteiger partial charge in [-0.15, -0.1) is 0 Å². The fourth-order valence-corrected chi connectivity index (χ4v) is 5.45. The topological polar surface area (TPSA) is 82.4 Å². The van der Waals surface area contributed by atoms with E-state index in [1.807, 2.05) is 11.8 Å². The summed E-state index contributed by atoms with van der Waals surface area (Å²) in [5.74, 6) is 3.04. The number of halogens is 1. The molecule has 3 fully saturated rings. The van der Waals surface area contributed by atoms with Gasteiger partial charge >= 0.3 is 6.09 Å². The molecule has 1 aromatic rings. The fourth-order valence-electron chi connectivity index (χ4n) is 3.86. The second kappa shape index (κ2) is 6.80. The van der Waals surface area contributed by atoms with Crippen LogP contribution in [0.15, 0.2) is 18.2 Å². The Morgan fingerprint density at radius 2 is 2.19 bits per heavy atom. The molecule has 1 unspecified atom stereocenters. The molecule has 0 radical (unpaired) electrons. The SMILES string of the molecule is N#CCC(=O)NC[C@H]1CN(c2ccc(C3[C@H]4CSC[C@@H]34)c(F)c2)C(=O)O1. The van der Waals surface area contributed by atoms with E-state index in [-0.39, 0.29) is 25.3 Å². The minimum absolute atomic E-state index is 0.131. The third-order valence-corrected chi connectivity index (χ3v) is 6.49. The molecule has 4 rings (SSSR count). The van der Waals surface area contributed by atoms with Crippen molar-refractivity contribution in [1.29, 1.82) is 5.26 Å². The molecule has 3 aliphatic rings. The standard InChI is InChI=1S/C18H18FN3O3S/c19-15-5-10(1-2-12(15)17-13-8-26-9-14(13)17)22-7-11(25-18(22)24)6-21-16(23)3-4-20/h1-2,5,11,13-14,17H,3,6-9H2,(H,21,23)/t11-,13-,14+,17?/m0/s1. The van der Waals surface area contributed by atoms with Crippen molar-refractivity contribution in [3.63, 3.8) is 0 Å². The lowest BCUT2D eigenvalue weighted by Gasteiger charge is -2.15. The second-order valence-electron chi connectivity index (χ2n) is 6.85. The van der Waals surface area contributed by atoms with Crippen molar-refractivity contribution < 1.29 is 18.7 Å². The van der Waals surface area contributed by atoms with Crippen LogP contribution in [-0.2, 0) is 9.53 Å². The third-order valence-electron chi connectivity index (χ3n) is 5.25. The van der Waals surface area contributed by atoms with Gasteiger partial charge in [-0.3, -0.25) is 9.69 Å². The molecule has 0 bridgehead atoms. The molecule has 2 heterocycles. The average Bonchev–Trinajstić information content (AvgIpc) is 2.96. The van der Waals surface area contributed by atoms with Crippen LogP contribution in [0.4, 0.5) is 14.9 Å². The highest BCUT2D eigenvalue weighted by atomic mass is 32.2. The zero-order chi connectivity index (χ0) is 18.3. The number of hydrogen-bond donors (Lipinski definition) is 1. The van der Waals surface area contributed by atoms with Gasteiger partial charge in [-0.25, -0.2) is 9.18 Å². The van der Waals surface area contributed by atoms with Crippen molar-refractivity contribution >= 4 is 29.4 Å². The Hall–Kier alpha value is -2.27. The van der Waals surface area contributed by atoms with E-state index in [1.54, 1.807) is 18.2 Å². The van der Waals surface area contributed by atoms with E-state index < -0.39 is 18.1 Å². The van der Waals surface area contributed by atoms with Crippen molar-refractivity contribution in [3.05, 3.63) is 29.6 Å². The number of fused-ring (bicyclic) bond motifs is 1. The Balaban J connectivity index is 1.40. The molecule has 1 aliphatic carbocycles. The lowest BCUT2D eigenvalue weighted by atomic mass is 10.1. The Kier molecular flexibility index (Phi) is 4.49. The molecule has 6 nitrogen and oxygen atoms in total. The molecule has 1 aromatic carbocycles. The number of anilines is 1. The van der Waals surface area contributed by atoms with Crippen molar-refractivity contribution in [2.24, 2.45) is 11.8 Å². The van der Waals surface area contributed by atoms with Crippen molar-refractivity contribution in [2.45, 2.75) is 18.4 Å². The number of benzene rings is 1. The van der Waals surface area contributed by atoms with Gasteiger partial charge in [-0.2, -0.15) is 17.0 Å². The van der Waals surface area contributed by atoms with Crippen molar-refractivity contribution in [2.75, 3.05) is 29.5 Å². The lowest BCUT2D eigenvalue weighted by Crippen LogP contribution is -2.34. The molecule has 2 aliphatic heterocycles. The highest BCUT2D eigenvalue weighted by molar-refractivity contribution is 7.99. The van der Waals surface area contributed by atoms with Crippen LogP contribution in [0.2, 0.25) is 0 Å². The summed E-state index contributed by atoms with van der Waals surface area (Å²) in [5.41, 5.74) is 1.21. The van der Waals surface area contributed by atoms with E-state index in [1.165, 1.54) is 11.0 Å². The maximum atomic E-state index is 14.6. The first-order valence-corrected chi connectivity index (χ1v) is 9.73. The summed E-state index contributed by atoms with van der Waals surface area (Å²) in [4.78, 5) is 24.8. The number of cyclic esters (lactones) is 1. The Morgan fingerprint density at radius 1 is 1.42 bits per heavy atom. The second-order valence-corrected chi connectivity index (χ2v) is 7.93. The monoisotopic (exact) mass is 375 g/mol. The number of ether oxygens (including phenoxy) is 1. The zero-order valence-electron chi connectivity index (χ0n) is 14.0. The van der Waals surface area contributed by atoms with Crippen LogP contribution < -0.4 is 10.2 Å². The summed E-state index contributed by atoms with van der Waals surface area (Å²) in [6.07, 6.45) is -1.32. The number of thioether (sulfide) groups is 1. The number of carbonyl (C=O) groups is 2. The molecule has 136 valence electrons. The van der Waals surface area contributed by atoms with Gasteiger partial charge in [0.1, 0.15) is 18.3 Å². The summed E-state index contributed by atoms with van der Waals surface area (Å²) >= 11 is 1.93. The predicted molar refractivity (Wildman–Crippen MR) is 94.3 cm³/mol. The van der Waals surface area contributed by atoms with Crippen LogP contribution >= 0.6 is 11.8 Å². The quantitative estimate of drug-likeness (QED) is 0.854. The fraction of sp³-hybridized carbons (Fsp3) is 0.500. The first-order chi connectivity index (χ1) is 12.6. The van der Waals surface area contributed by atoms with Crippen LogP contribution in [0, 0.1) is 29.0 Å². The van der Waals surface area contributed by atoms with Crippen LogP contribution in [0.3, 0.4) is 0 Å². The molecular formula is C18H18FN3O3S. The van der Waals surface area contributed by atoms with E-state index >= 15 is 0 Å². The molecule has 4 atom stereocenters. The first-order valence-electron chi connectivity index (χ1n) is 8.57. The molecular weight excluding hydrogens is 357 g/mol. The average molecular weight is 375 g/mol. The van der Waals surface area contributed by atoms with E-state index in [9.17, 15) is 14.0 Å². The lowest BCUT2D eigenvalue weighted by molar-refractivity contribution is -0.120. The van der Waals surface area contributed by atoms with Gasteiger partial charge in [0, 0.05) is 0 Å². The van der Waals surface area contributed by atoms with Gasteiger partial charge in [0.2, 0.25) is 5.91 Å². The van der Waals surface area contributed by atoms with Crippen LogP contribution in [-0.4, -0.2) is 42.7 Å². The van der Waals surface area contributed by atoms with E-state index in [0.717, 1.165) is 17.1 Å². The molecule has 0 spiro atoms. The van der Waals surface area contributed by atoms with Crippen molar-refractivity contribution in [3.8, 4) is 6.07 Å². The summed E-state index contributed by atoms with van der Waals surface area (Å²) in [5, 5.41) is 11.0. The minimum Gasteiger partial charge on any atom is -0.442 e. The molecule has 1 saturated carbocycles. The number of rotatable bonds is 5. The number of carbonyl (C=O) groups excluding carboxylic acids is 2. The van der Waals surface area contributed by atoms with Crippen LogP contribution in [0.5, 0.6) is 0 Å². The van der Waals surface area contributed by atoms with Gasteiger partial charge in [-0.05, 0) is 47.0 Å². The predicted octanol–water partition coefficient (Wildman–Crippen LogP) is 2.26. The number of nitriles is 1. The number of nitrogens with zero attached hydrogens (tertiary/aromatic N) is 2. The van der Waals surface area contributed by atoms with Gasteiger partial charge in [-0.1, -0.05) is 6.07 Å². The van der Waals surface area contributed by atoms with Gasteiger partial charge in [0.25, 0.3) is 0 Å². The smallest absolute Gasteiger partial charge is 0.414 e. The summed E-state index contributed by atoms with van der Waals surface area (Å²) in [7, 11) is 0. The van der Waals surface area contributed by atoms with E-state index in [4.69, 9.17) is 10.00 Å². The van der Waals surface area contributed by atoms with Gasteiger partial charge in [0.05, 0.1) is 24.8 Å². The summed E-state index contributed by atoms with van der Waals surface area (Å²) in [6.45, 7) is 0.363. The highest BCUT2D eigenvalue weighted by Crippen LogP contribution is 2.61. The van der Waals surface area contributed by atoms with E-state index in [0.29, 0.717) is 23.4 Å². The molecule has 0 aromatic heterocycles. The normalized spacial score (nSPS) is 29.1.